The number of rotatable bonds is 0. The first-order valence-corrected chi connectivity index (χ1v) is 8.54. The second-order valence-corrected chi connectivity index (χ2v) is 7.39. The van der Waals surface area contributed by atoms with Crippen LogP contribution in [0.2, 0.25) is 0 Å². The van der Waals surface area contributed by atoms with Crippen LogP contribution in [-0.2, 0) is 0 Å². The standard InChI is InChI=1S/C24H10/c1-3-13-9-17-10-14-4-2-12-8-16-6-5-15-7-11(1)18(13)23-20(15)21(16)24(19(12)14)22(17)23/h1-10H. The molecule has 0 nitrogen and oxygen atoms in total. The summed E-state index contributed by atoms with van der Waals surface area (Å²) < 4.78 is 0. The van der Waals surface area contributed by atoms with Gasteiger partial charge in [-0.3, -0.25) is 0 Å². The van der Waals surface area contributed by atoms with Crippen LogP contribution < -0.4 is 0 Å². The predicted octanol–water partition coefficient (Wildman–Crippen LogP) is 6.95. The summed E-state index contributed by atoms with van der Waals surface area (Å²) in [5, 5.41) is 20.0. The zero-order valence-corrected chi connectivity index (χ0v) is 12.8. The number of hydrogen-bond acceptors (Lipinski definition) is 0. The molecular formula is C24H10. The van der Waals surface area contributed by atoms with Crippen LogP contribution in [-0.4, -0.2) is 0 Å². The summed E-state index contributed by atoms with van der Waals surface area (Å²) >= 11 is 0. The Morgan fingerprint density at radius 1 is 0.250 bits per heavy atom. The molecule has 0 heteroatoms. The first kappa shape index (κ1) is 10.6. The molecule has 8 rings (SSSR count). The fourth-order valence-electron chi connectivity index (χ4n) is 5.52. The Morgan fingerprint density at radius 3 is 0.958 bits per heavy atom. The smallest absolute Gasteiger partial charge is 0.000180 e. The molecular weight excluding hydrogens is 288 g/mol. The molecule has 0 unspecified atom stereocenters. The van der Waals surface area contributed by atoms with Crippen LogP contribution in [0.3, 0.4) is 0 Å². The average Bonchev–Trinajstić information content (AvgIpc) is 3.27. The Morgan fingerprint density at radius 2 is 0.542 bits per heavy atom. The van der Waals surface area contributed by atoms with Crippen LogP contribution >= 0.6 is 0 Å². The van der Waals surface area contributed by atoms with Crippen molar-refractivity contribution in [3.05, 3.63) is 60.7 Å². The minimum atomic E-state index is 1.38. The molecule has 8 aromatic carbocycles. The first-order valence-electron chi connectivity index (χ1n) is 8.54. The van der Waals surface area contributed by atoms with Gasteiger partial charge in [0.25, 0.3) is 0 Å². The molecule has 24 heavy (non-hydrogen) atoms. The second kappa shape index (κ2) is 2.97. The number of benzene rings is 5. The third-order valence-corrected chi connectivity index (χ3v) is 6.34. The summed E-state index contributed by atoms with van der Waals surface area (Å²) in [6.07, 6.45) is 0. The van der Waals surface area contributed by atoms with Gasteiger partial charge >= 0.3 is 0 Å². The van der Waals surface area contributed by atoms with E-state index in [1.54, 1.807) is 0 Å². The lowest BCUT2D eigenvalue weighted by Gasteiger charge is -2.06. The molecule has 0 fully saturated rings. The van der Waals surface area contributed by atoms with E-state index in [0.717, 1.165) is 0 Å². The Bertz CT molecular complexity index is 1560. The summed E-state index contributed by atoms with van der Waals surface area (Å²) in [6, 6.07) is 23.3. The Balaban J connectivity index is 2.03. The summed E-state index contributed by atoms with van der Waals surface area (Å²) in [5.41, 5.74) is 0. The highest BCUT2D eigenvalue weighted by Crippen LogP contribution is 2.52. The van der Waals surface area contributed by atoms with Gasteiger partial charge in [-0.05, 0) is 99.7 Å². The second-order valence-electron chi connectivity index (χ2n) is 7.39. The zero-order valence-electron chi connectivity index (χ0n) is 12.8. The van der Waals surface area contributed by atoms with Crippen molar-refractivity contribution < 1.29 is 0 Å². The van der Waals surface area contributed by atoms with E-state index in [1.165, 1.54) is 75.4 Å². The van der Waals surface area contributed by atoms with Crippen LogP contribution in [0.25, 0.3) is 75.4 Å². The molecule has 0 N–H and O–H groups in total. The minimum absolute atomic E-state index is 1.38. The average molecular weight is 298 g/mol. The molecule has 8 aromatic rings. The molecule has 0 aromatic heterocycles. The SMILES string of the molecule is c1cc2cc3cc4ccc5cc6ccc7cc1c2c1c7c6c(c54)c31. The lowest BCUT2D eigenvalue weighted by molar-refractivity contribution is 1.93. The van der Waals surface area contributed by atoms with Gasteiger partial charge in [0.05, 0.1) is 0 Å². The fourth-order valence-corrected chi connectivity index (χ4v) is 5.52. The van der Waals surface area contributed by atoms with E-state index < -0.39 is 0 Å². The maximum Gasteiger partial charge on any atom is -0.000180 e. The van der Waals surface area contributed by atoms with Crippen molar-refractivity contribution in [3.8, 4) is 0 Å². The van der Waals surface area contributed by atoms with Crippen molar-refractivity contribution in [1.82, 2.24) is 0 Å². The Labute approximate surface area is 136 Å². The van der Waals surface area contributed by atoms with E-state index >= 15 is 0 Å². The van der Waals surface area contributed by atoms with Crippen LogP contribution in [0, 0.1) is 0 Å². The number of hydrogen-bond donors (Lipinski definition) is 0. The van der Waals surface area contributed by atoms with E-state index in [4.69, 9.17) is 0 Å². The topological polar surface area (TPSA) is 0 Å². The van der Waals surface area contributed by atoms with E-state index in [0.29, 0.717) is 0 Å². The maximum absolute atomic E-state index is 2.39. The third kappa shape index (κ3) is 0.858. The molecule has 0 aliphatic heterocycles. The molecule has 0 atom stereocenters. The van der Waals surface area contributed by atoms with E-state index in [9.17, 15) is 0 Å². The van der Waals surface area contributed by atoms with Gasteiger partial charge in [-0.1, -0.05) is 36.4 Å². The van der Waals surface area contributed by atoms with Crippen molar-refractivity contribution in [2.45, 2.75) is 0 Å². The van der Waals surface area contributed by atoms with Gasteiger partial charge in [0.2, 0.25) is 0 Å². The molecule has 0 amide bonds. The molecule has 0 radical (unpaired) electrons. The van der Waals surface area contributed by atoms with Crippen molar-refractivity contribution >= 4 is 75.4 Å². The zero-order chi connectivity index (χ0) is 15.2. The summed E-state index contributed by atoms with van der Waals surface area (Å²) in [4.78, 5) is 0. The highest BCUT2D eigenvalue weighted by molar-refractivity contribution is 6.50. The molecule has 0 aliphatic rings. The Kier molecular flexibility index (Phi) is 1.31. The van der Waals surface area contributed by atoms with Crippen molar-refractivity contribution in [1.29, 1.82) is 0 Å². The monoisotopic (exact) mass is 298 g/mol. The van der Waals surface area contributed by atoms with Crippen LogP contribution in [0.15, 0.2) is 60.7 Å². The van der Waals surface area contributed by atoms with Gasteiger partial charge in [0, 0.05) is 0 Å². The van der Waals surface area contributed by atoms with Crippen LogP contribution in [0.5, 0.6) is 0 Å². The first-order chi connectivity index (χ1) is 11.9. The van der Waals surface area contributed by atoms with Gasteiger partial charge in [-0.2, -0.15) is 0 Å². The molecule has 0 heterocycles. The van der Waals surface area contributed by atoms with Gasteiger partial charge in [0.1, 0.15) is 0 Å². The van der Waals surface area contributed by atoms with Crippen LogP contribution in [0.4, 0.5) is 0 Å². The summed E-state index contributed by atoms with van der Waals surface area (Å²) in [6.45, 7) is 0. The van der Waals surface area contributed by atoms with Crippen molar-refractivity contribution in [3.63, 3.8) is 0 Å². The molecule has 0 saturated heterocycles. The van der Waals surface area contributed by atoms with Gasteiger partial charge in [-0.25, -0.2) is 0 Å². The van der Waals surface area contributed by atoms with E-state index in [1.807, 2.05) is 0 Å². The molecule has 0 bridgehead atoms. The third-order valence-electron chi connectivity index (χ3n) is 6.34. The van der Waals surface area contributed by atoms with E-state index in [-0.39, 0.29) is 0 Å². The van der Waals surface area contributed by atoms with E-state index in [2.05, 4.69) is 60.7 Å². The summed E-state index contributed by atoms with van der Waals surface area (Å²) in [5.74, 6) is 0. The highest BCUT2D eigenvalue weighted by atomic mass is 14.3. The Hall–Kier alpha value is -3.12. The van der Waals surface area contributed by atoms with Crippen molar-refractivity contribution in [2.75, 3.05) is 0 Å². The van der Waals surface area contributed by atoms with Gasteiger partial charge in [0.15, 0.2) is 0 Å². The van der Waals surface area contributed by atoms with Crippen molar-refractivity contribution in [2.24, 2.45) is 0 Å². The van der Waals surface area contributed by atoms with Crippen LogP contribution in [0.1, 0.15) is 0 Å². The molecule has 0 spiro atoms. The lowest BCUT2D eigenvalue weighted by Crippen LogP contribution is -1.78. The maximum atomic E-state index is 2.39. The van der Waals surface area contributed by atoms with Gasteiger partial charge in [-0.15, -0.1) is 0 Å². The molecule has 0 saturated carbocycles. The highest BCUT2D eigenvalue weighted by Gasteiger charge is 2.24. The summed E-state index contributed by atoms with van der Waals surface area (Å²) in [7, 11) is 0. The normalized spacial score (nSPS) is 13.8. The molecule has 106 valence electrons. The lowest BCUT2D eigenvalue weighted by atomic mass is 9.96. The molecule has 0 aliphatic carbocycles. The van der Waals surface area contributed by atoms with Gasteiger partial charge < -0.3 is 0 Å². The predicted molar refractivity (Wildman–Crippen MR) is 105 cm³/mol. The minimum Gasteiger partial charge on any atom is -0.0537 e. The fraction of sp³-hybridized carbons (Fsp3) is 0. The quantitative estimate of drug-likeness (QED) is 0.266. The largest absolute Gasteiger partial charge is 0.0537 e.